The van der Waals surface area contributed by atoms with Crippen LogP contribution in [0.4, 0.5) is 5.69 Å². The summed E-state index contributed by atoms with van der Waals surface area (Å²) >= 11 is 0. The Morgan fingerprint density at radius 1 is 1.44 bits per heavy atom. The lowest BCUT2D eigenvalue weighted by molar-refractivity contribution is -0.384. The molecule has 0 bridgehead atoms. The number of hydrogen-bond donors (Lipinski definition) is 0. The highest BCUT2D eigenvalue weighted by molar-refractivity contribution is 5.94. The number of morpholine rings is 1. The summed E-state index contributed by atoms with van der Waals surface area (Å²) in [5.41, 5.74) is 0.455. The fourth-order valence-corrected chi connectivity index (χ4v) is 1.92. The Bertz CT molecular complexity index is 458. The predicted octanol–water partition coefficient (Wildman–Crippen LogP) is 1.46. The minimum atomic E-state index is -0.481. The van der Waals surface area contributed by atoms with Crippen molar-refractivity contribution in [3.63, 3.8) is 0 Å². The van der Waals surface area contributed by atoms with Gasteiger partial charge in [-0.3, -0.25) is 14.9 Å². The third-order valence-corrected chi connectivity index (χ3v) is 2.95. The van der Waals surface area contributed by atoms with Crippen molar-refractivity contribution >= 4 is 11.6 Å². The van der Waals surface area contributed by atoms with Gasteiger partial charge in [-0.05, 0) is 19.1 Å². The van der Waals surface area contributed by atoms with E-state index in [1.54, 1.807) is 4.90 Å². The molecule has 1 fully saturated rings. The van der Waals surface area contributed by atoms with Crippen LogP contribution >= 0.6 is 0 Å². The van der Waals surface area contributed by atoms with Crippen molar-refractivity contribution in [1.82, 2.24) is 4.90 Å². The molecule has 1 amide bonds. The molecule has 1 heterocycles. The minimum absolute atomic E-state index is 0.0124. The summed E-state index contributed by atoms with van der Waals surface area (Å²) in [6, 6.07) is 5.70. The van der Waals surface area contributed by atoms with Crippen LogP contribution in [0.1, 0.15) is 17.3 Å². The summed E-state index contributed by atoms with van der Waals surface area (Å²) in [7, 11) is 0. The van der Waals surface area contributed by atoms with E-state index >= 15 is 0 Å². The van der Waals surface area contributed by atoms with E-state index in [-0.39, 0.29) is 17.6 Å². The second-order valence-electron chi connectivity index (χ2n) is 4.23. The van der Waals surface area contributed by atoms with Crippen LogP contribution in [0.5, 0.6) is 0 Å². The van der Waals surface area contributed by atoms with Gasteiger partial charge in [0.1, 0.15) is 0 Å². The summed E-state index contributed by atoms with van der Waals surface area (Å²) < 4.78 is 5.27. The van der Waals surface area contributed by atoms with Crippen LogP contribution in [0.3, 0.4) is 0 Å². The quantitative estimate of drug-likeness (QED) is 0.588. The number of benzene rings is 1. The van der Waals surface area contributed by atoms with Crippen LogP contribution in [0.2, 0.25) is 0 Å². The number of carbonyl (C=O) groups excluding carboxylic acids is 1. The number of nitro benzene ring substituents is 1. The van der Waals surface area contributed by atoms with Crippen molar-refractivity contribution in [2.24, 2.45) is 0 Å². The van der Waals surface area contributed by atoms with Crippen molar-refractivity contribution in [3.05, 3.63) is 39.9 Å². The Balaban J connectivity index is 2.15. The number of non-ortho nitro benzene ring substituents is 1. The summed E-state index contributed by atoms with van der Waals surface area (Å²) in [6.45, 7) is 3.53. The number of hydrogen-bond acceptors (Lipinski definition) is 4. The maximum absolute atomic E-state index is 12.2. The lowest BCUT2D eigenvalue weighted by Crippen LogP contribution is -2.47. The zero-order valence-electron chi connectivity index (χ0n) is 10.0. The number of carbonyl (C=O) groups is 1. The summed E-state index contributed by atoms with van der Waals surface area (Å²) in [5, 5.41) is 10.5. The van der Waals surface area contributed by atoms with Crippen molar-refractivity contribution in [3.8, 4) is 0 Å². The Morgan fingerprint density at radius 2 is 2.11 bits per heavy atom. The molecule has 0 spiro atoms. The van der Waals surface area contributed by atoms with Gasteiger partial charge in [-0.2, -0.15) is 0 Å². The molecule has 96 valence electrons. The van der Waals surface area contributed by atoms with Crippen LogP contribution in [0, 0.1) is 10.1 Å². The van der Waals surface area contributed by atoms with Crippen LogP contribution in [0.25, 0.3) is 0 Å². The van der Waals surface area contributed by atoms with Crippen LogP contribution in [0.15, 0.2) is 24.3 Å². The SMILES string of the molecule is C[C@@H]1COCCN1C(=O)c1ccc([N+](=O)[O-])cc1. The van der Waals surface area contributed by atoms with E-state index in [2.05, 4.69) is 0 Å². The van der Waals surface area contributed by atoms with E-state index in [4.69, 9.17) is 4.74 Å². The molecule has 0 radical (unpaired) electrons. The second-order valence-corrected chi connectivity index (χ2v) is 4.23. The highest BCUT2D eigenvalue weighted by Gasteiger charge is 2.24. The fourth-order valence-electron chi connectivity index (χ4n) is 1.92. The summed E-state index contributed by atoms with van der Waals surface area (Å²) in [5.74, 6) is -0.110. The first-order valence-corrected chi connectivity index (χ1v) is 5.73. The normalized spacial score (nSPS) is 19.6. The van der Waals surface area contributed by atoms with Crippen molar-refractivity contribution < 1.29 is 14.5 Å². The number of rotatable bonds is 2. The molecule has 1 aliphatic heterocycles. The Morgan fingerprint density at radius 3 is 2.67 bits per heavy atom. The summed E-state index contributed by atoms with van der Waals surface area (Å²) in [6.07, 6.45) is 0. The first-order chi connectivity index (χ1) is 8.59. The number of nitro groups is 1. The van der Waals surface area contributed by atoms with Crippen molar-refractivity contribution in [2.75, 3.05) is 19.8 Å². The van der Waals surface area contributed by atoms with Gasteiger partial charge in [-0.15, -0.1) is 0 Å². The Kier molecular flexibility index (Phi) is 3.57. The van der Waals surface area contributed by atoms with Crippen molar-refractivity contribution in [2.45, 2.75) is 13.0 Å². The van der Waals surface area contributed by atoms with Crippen LogP contribution < -0.4 is 0 Å². The molecular formula is C12H14N2O4. The number of ether oxygens (including phenoxy) is 1. The summed E-state index contributed by atoms with van der Waals surface area (Å²) in [4.78, 5) is 24.0. The Labute approximate surface area is 104 Å². The maximum atomic E-state index is 12.2. The number of amides is 1. The smallest absolute Gasteiger partial charge is 0.269 e. The first-order valence-electron chi connectivity index (χ1n) is 5.73. The molecule has 6 heteroatoms. The first kappa shape index (κ1) is 12.5. The molecule has 18 heavy (non-hydrogen) atoms. The molecule has 0 aromatic heterocycles. The van der Waals surface area contributed by atoms with Gasteiger partial charge in [0.05, 0.1) is 24.2 Å². The van der Waals surface area contributed by atoms with Crippen LogP contribution in [-0.2, 0) is 4.74 Å². The average Bonchev–Trinajstić information content (AvgIpc) is 2.38. The molecule has 1 saturated heterocycles. The van der Waals surface area contributed by atoms with Gasteiger partial charge in [-0.1, -0.05) is 0 Å². The second kappa shape index (κ2) is 5.14. The van der Waals surface area contributed by atoms with Gasteiger partial charge >= 0.3 is 0 Å². The lowest BCUT2D eigenvalue weighted by Gasteiger charge is -2.33. The van der Waals surface area contributed by atoms with Gasteiger partial charge in [0.2, 0.25) is 0 Å². The molecular weight excluding hydrogens is 236 g/mol. The van der Waals surface area contributed by atoms with Crippen molar-refractivity contribution in [1.29, 1.82) is 0 Å². The molecule has 1 atom stereocenters. The van der Waals surface area contributed by atoms with E-state index in [1.807, 2.05) is 6.92 Å². The lowest BCUT2D eigenvalue weighted by atomic mass is 10.1. The number of nitrogens with zero attached hydrogens (tertiary/aromatic N) is 2. The molecule has 6 nitrogen and oxygen atoms in total. The van der Waals surface area contributed by atoms with E-state index < -0.39 is 4.92 Å². The Hall–Kier alpha value is -1.95. The molecule has 0 unspecified atom stereocenters. The zero-order chi connectivity index (χ0) is 13.1. The van der Waals surface area contributed by atoms with Gasteiger partial charge in [0.15, 0.2) is 0 Å². The largest absolute Gasteiger partial charge is 0.377 e. The van der Waals surface area contributed by atoms with Gasteiger partial charge in [0.25, 0.3) is 11.6 Å². The molecule has 2 rings (SSSR count). The maximum Gasteiger partial charge on any atom is 0.269 e. The monoisotopic (exact) mass is 250 g/mol. The topological polar surface area (TPSA) is 72.7 Å². The zero-order valence-corrected chi connectivity index (χ0v) is 10.0. The minimum Gasteiger partial charge on any atom is -0.377 e. The highest BCUT2D eigenvalue weighted by atomic mass is 16.6. The predicted molar refractivity (Wildman–Crippen MR) is 64.4 cm³/mol. The molecule has 1 aromatic rings. The molecule has 0 aliphatic carbocycles. The third kappa shape index (κ3) is 2.48. The molecule has 1 aliphatic rings. The molecule has 1 aromatic carbocycles. The van der Waals surface area contributed by atoms with E-state index in [0.717, 1.165) is 0 Å². The van der Waals surface area contributed by atoms with Crippen LogP contribution in [-0.4, -0.2) is 41.5 Å². The molecule has 0 saturated carbocycles. The van der Waals surface area contributed by atoms with Gasteiger partial charge < -0.3 is 9.64 Å². The average molecular weight is 250 g/mol. The standard InChI is InChI=1S/C12H14N2O4/c1-9-8-18-7-6-13(9)12(15)10-2-4-11(5-3-10)14(16)17/h2-5,9H,6-8H2,1H3/t9-/m1/s1. The third-order valence-electron chi connectivity index (χ3n) is 2.95. The molecule has 0 N–H and O–H groups in total. The van der Waals surface area contributed by atoms with Gasteiger partial charge in [0, 0.05) is 24.2 Å². The van der Waals surface area contributed by atoms with E-state index in [9.17, 15) is 14.9 Å². The van der Waals surface area contributed by atoms with Gasteiger partial charge in [-0.25, -0.2) is 0 Å². The van der Waals surface area contributed by atoms with E-state index in [0.29, 0.717) is 25.3 Å². The van der Waals surface area contributed by atoms with E-state index in [1.165, 1.54) is 24.3 Å². The highest BCUT2D eigenvalue weighted by Crippen LogP contribution is 2.16. The fraction of sp³-hybridized carbons (Fsp3) is 0.417.